The average molecular weight is 371 g/mol. The molecule has 2 atom stereocenters. The number of esters is 1. The predicted molar refractivity (Wildman–Crippen MR) is 83.0 cm³/mol. The summed E-state index contributed by atoms with van der Waals surface area (Å²) in [6, 6.07) is -0.112. The molecule has 2 aliphatic heterocycles. The topological polar surface area (TPSA) is 140 Å². The molecular weight excluding hydrogens is 350 g/mol. The zero-order valence-electron chi connectivity index (χ0n) is 14.3. The molecule has 0 spiro atoms. The Morgan fingerprint density at radius 3 is 2.38 bits per heavy atom. The van der Waals surface area contributed by atoms with Crippen LogP contribution in [-0.4, -0.2) is 53.9 Å². The highest BCUT2D eigenvalue weighted by Crippen LogP contribution is 2.13. The van der Waals surface area contributed by atoms with E-state index in [1.807, 2.05) is 6.92 Å². The van der Waals surface area contributed by atoms with Gasteiger partial charge in [-0.05, 0) is 19.8 Å². The maximum Gasteiger partial charge on any atom is 0.536 e. The molecule has 11 heteroatoms. The van der Waals surface area contributed by atoms with E-state index in [-0.39, 0.29) is 37.4 Å². The van der Waals surface area contributed by atoms with Crippen LogP contribution in [-0.2, 0) is 28.7 Å². The number of carbonyl (C=O) groups is 5. The van der Waals surface area contributed by atoms with Crippen molar-refractivity contribution in [1.29, 1.82) is 0 Å². The molecule has 26 heavy (non-hydrogen) atoms. The fourth-order valence-electron chi connectivity index (χ4n) is 2.57. The molecular formula is C15H21N3O8. The molecule has 2 fully saturated rings. The maximum absolute atomic E-state index is 11.5. The van der Waals surface area contributed by atoms with Crippen LogP contribution in [0.4, 0.5) is 9.59 Å². The maximum atomic E-state index is 11.5. The highest BCUT2D eigenvalue weighted by Gasteiger charge is 2.33. The van der Waals surface area contributed by atoms with E-state index < -0.39 is 30.7 Å². The van der Waals surface area contributed by atoms with Crippen molar-refractivity contribution in [1.82, 2.24) is 15.7 Å². The first-order chi connectivity index (χ1) is 12.4. The van der Waals surface area contributed by atoms with Gasteiger partial charge in [0, 0.05) is 25.3 Å². The molecule has 0 radical (unpaired) electrons. The van der Waals surface area contributed by atoms with E-state index in [1.54, 1.807) is 0 Å². The summed E-state index contributed by atoms with van der Waals surface area (Å²) < 4.78 is 9.19. The number of urea groups is 1. The Balaban J connectivity index is 1.52. The highest BCUT2D eigenvalue weighted by molar-refractivity contribution is 6.01. The summed E-state index contributed by atoms with van der Waals surface area (Å²) >= 11 is 0. The van der Waals surface area contributed by atoms with Gasteiger partial charge in [-0.3, -0.25) is 19.2 Å². The summed E-state index contributed by atoms with van der Waals surface area (Å²) in [5.74, 6) is -1.83. The van der Waals surface area contributed by atoms with Crippen LogP contribution in [0.5, 0.6) is 0 Å². The normalized spacial score (nSPS) is 22.0. The lowest BCUT2D eigenvalue weighted by Gasteiger charge is -2.13. The van der Waals surface area contributed by atoms with Gasteiger partial charge in [0.25, 0.3) is 11.8 Å². The number of unbranched alkanes of at least 4 members (excludes halogenated alkanes) is 1. The molecule has 2 unspecified atom stereocenters. The molecule has 2 rings (SSSR count). The summed E-state index contributed by atoms with van der Waals surface area (Å²) in [6.07, 6.45) is 0.770. The van der Waals surface area contributed by atoms with E-state index in [9.17, 15) is 24.0 Å². The van der Waals surface area contributed by atoms with Gasteiger partial charge in [0.05, 0.1) is 6.04 Å². The Hall–Kier alpha value is -2.85. The van der Waals surface area contributed by atoms with Gasteiger partial charge >= 0.3 is 18.2 Å². The average Bonchev–Trinajstić information content (AvgIpc) is 3.06. The molecule has 144 valence electrons. The van der Waals surface area contributed by atoms with Gasteiger partial charge in [0.1, 0.15) is 0 Å². The van der Waals surface area contributed by atoms with Crippen LogP contribution in [0.3, 0.4) is 0 Å². The van der Waals surface area contributed by atoms with E-state index in [2.05, 4.69) is 20.2 Å². The first-order valence-electron chi connectivity index (χ1n) is 8.30. The van der Waals surface area contributed by atoms with Crippen LogP contribution in [0.15, 0.2) is 0 Å². The summed E-state index contributed by atoms with van der Waals surface area (Å²) in [5, 5.41) is 5.86. The fourth-order valence-corrected chi connectivity index (χ4v) is 2.57. The number of nitrogens with zero attached hydrogens (tertiary/aromatic N) is 1. The van der Waals surface area contributed by atoms with Crippen LogP contribution in [0, 0.1) is 0 Å². The number of hydroxylamine groups is 2. The number of rotatable bonds is 8. The molecule has 0 bridgehead atoms. The number of ether oxygens (including phenoxy) is 2. The van der Waals surface area contributed by atoms with E-state index in [0.29, 0.717) is 17.9 Å². The first kappa shape index (κ1) is 19.5. The minimum atomic E-state index is -1.31. The van der Waals surface area contributed by atoms with E-state index in [4.69, 9.17) is 4.74 Å². The third-order valence-electron chi connectivity index (χ3n) is 3.99. The van der Waals surface area contributed by atoms with Gasteiger partial charge in [-0.2, -0.15) is 0 Å². The summed E-state index contributed by atoms with van der Waals surface area (Å²) in [6.45, 7) is 1.23. The molecule has 2 aliphatic rings. The molecule has 2 saturated heterocycles. The molecule has 0 aromatic carbocycles. The second kappa shape index (κ2) is 9.02. The van der Waals surface area contributed by atoms with E-state index in [0.717, 1.165) is 6.42 Å². The van der Waals surface area contributed by atoms with Crippen LogP contribution < -0.4 is 10.6 Å². The number of imide groups is 1. The monoisotopic (exact) mass is 371 g/mol. The third kappa shape index (κ3) is 5.60. The Bertz CT molecular complexity index is 577. The second-order valence-corrected chi connectivity index (χ2v) is 5.96. The minimum absolute atomic E-state index is 0.0273. The Labute approximate surface area is 149 Å². The molecule has 0 aromatic heterocycles. The van der Waals surface area contributed by atoms with Crippen LogP contribution in [0.25, 0.3) is 0 Å². The molecule has 0 aliphatic carbocycles. The highest BCUT2D eigenvalue weighted by atomic mass is 16.9. The van der Waals surface area contributed by atoms with Crippen molar-refractivity contribution in [3.63, 3.8) is 0 Å². The number of amides is 4. The second-order valence-electron chi connectivity index (χ2n) is 5.96. The Morgan fingerprint density at radius 2 is 1.77 bits per heavy atom. The Kier molecular flexibility index (Phi) is 6.75. The van der Waals surface area contributed by atoms with Crippen LogP contribution in [0.2, 0.25) is 0 Å². The smallest absolute Gasteiger partial charge is 0.428 e. The van der Waals surface area contributed by atoms with Crippen molar-refractivity contribution in [2.24, 2.45) is 0 Å². The quantitative estimate of drug-likeness (QED) is 0.269. The van der Waals surface area contributed by atoms with Crippen molar-refractivity contribution < 1.29 is 38.3 Å². The van der Waals surface area contributed by atoms with Crippen molar-refractivity contribution in [3.05, 3.63) is 0 Å². The van der Waals surface area contributed by atoms with Gasteiger partial charge in [-0.15, -0.1) is 0 Å². The lowest BCUT2D eigenvalue weighted by atomic mass is 10.0. The first-order valence-corrected chi connectivity index (χ1v) is 8.30. The van der Waals surface area contributed by atoms with Crippen molar-refractivity contribution >= 4 is 30.0 Å². The zero-order chi connectivity index (χ0) is 19.1. The van der Waals surface area contributed by atoms with Crippen molar-refractivity contribution in [2.75, 3.05) is 6.79 Å². The summed E-state index contributed by atoms with van der Waals surface area (Å²) in [7, 11) is 0. The number of hydrogen-bond acceptors (Lipinski definition) is 8. The SMILES string of the molecule is CC1NC(=O)NC1CCCCC(=O)OCOC(=O)ON1C(=O)CCC1=O. The molecule has 11 nitrogen and oxygen atoms in total. The number of hydrogen-bond donors (Lipinski definition) is 2. The van der Waals surface area contributed by atoms with Crippen molar-refractivity contribution in [3.8, 4) is 0 Å². The summed E-state index contributed by atoms with van der Waals surface area (Å²) in [4.78, 5) is 60.9. The molecule has 0 saturated carbocycles. The third-order valence-corrected chi connectivity index (χ3v) is 3.99. The lowest BCUT2D eigenvalue weighted by Crippen LogP contribution is -2.32. The standard InChI is InChI=1S/C15H21N3O8/c1-9-10(17-14(22)16-9)4-2-3-5-13(21)24-8-25-15(23)26-18-11(19)6-7-12(18)20/h9-10H,2-8H2,1H3,(H2,16,17,22). The summed E-state index contributed by atoms with van der Waals surface area (Å²) in [5.41, 5.74) is 0. The number of nitrogens with one attached hydrogen (secondary N) is 2. The van der Waals surface area contributed by atoms with Crippen LogP contribution >= 0.6 is 0 Å². The van der Waals surface area contributed by atoms with E-state index >= 15 is 0 Å². The number of carbonyl (C=O) groups excluding carboxylic acids is 5. The van der Waals surface area contributed by atoms with Gasteiger partial charge in [0.2, 0.25) is 6.79 Å². The van der Waals surface area contributed by atoms with Crippen molar-refractivity contribution in [2.45, 2.75) is 57.5 Å². The minimum Gasteiger partial charge on any atom is -0.428 e. The zero-order valence-corrected chi connectivity index (χ0v) is 14.3. The van der Waals surface area contributed by atoms with Gasteiger partial charge in [-0.25, -0.2) is 9.59 Å². The lowest BCUT2D eigenvalue weighted by molar-refractivity contribution is -0.182. The Morgan fingerprint density at radius 1 is 1.08 bits per heavy atom. The fraction of sp³-hybridized carbons (Fsp3) is 0.667. The van der Waals surface area contributed by atoms with Gasteiger partial charge in [0.15, 0.2) is 0 Å². The largest absolute Gasteiger partial charge is 0.536 e. The molecule has 4 amide bonds. The molecule has 2 heterocycles. The predicted octanol–water partition coefficient (Wildman–Crippen LogP) is 0.335. The van der Waals surface area contributed by atoms with Crippen LogP contribution in [0.1, 0.15) is 45.4 Å². The van der Waals surface area contributed by atoms with Gasteiger partial charge < -0.3 is 20.1 Å². The molecule has 2 N–H and O–H groups in total. The van der Waals surface area contributed by atoms with E-state index in [1.165, 1.54) is 0 Å². The molecule has 0 aromatic rings. The van der Waals surface area contributed by atoms with Gasteiger partial charge in [-0.1, -0.05) is 11.5 Å².